The van der Waals surface area contributed by atoms with Crippen LogP contribution in [0.1, 0.15) is 18.9 Å². The van der Waals surface area contributed by atoms with Crippen LogP contribution in [0.5, 0.6) is 0 Å². The van der Waals surface area contributed by atoms with Crippen molar-refractivity contribution in [3.8, 4) is 6.07 Å². The highest BCUT2D eigenvalue weighted by Crippen LogP contribution is 2.33. The van der Waals surface area contributed by atoms with Gasteiger partial charge in [-0.15, -0.1) is 23.4 Å². The molecule has 1 unspecified atom stereocenters. The molecule has 0 aliphatic heterocycles. The molecule has 0 aliphatic rings. The maximum atomic E-state index is 10.9. The molecular weight excluding hydrogens is 260 g/mol. The monoisotopic (exact) mass is 270 g/mol. The van der Waals surface area contributed by atoms with Gasteiger partial charge in [0.2, 0.25) is 0 Å². The third-order valence-corrected chi connectivity index (χ3v) is 3.58. The Morgan fingerprint density at radius 1 is 1.65 bits per heavy atom. The number of hydrogen-bond donors (Lipinski definition) is 0. The lowest BCUT2D eigenvalue weighted by atomic mass is 10.2. The number of halogens is 1. The summed E-state index contributed by atoms with van der Waals surface area (Å²) < 4.78 is 0. The zero-order chi connectivity index (χ0) is 12.8. The number of hydrogen-bond acceptors (Lipinski definition) is 4. The van der Waals surface area contributed by atoms with Crippen LogP contribution in [0, 0.1) is 21.4 Å². The van der Waals surface area contributed by atoms with Crippen LogP contribution < -0.4 is 0 Å². The second kappa shape index (κ2) is 6.48. The van der Waals surface area contributed by atoms with Crippen LogP contribution in [0.25, 0.3) is 0 Å². The minimum absolute atomic E-state index is 0.0181. The molecule has 1 aromatic rings. The van der Waals surface area contributed by atoms with E-state index in [0.29, 0.717) is 16.3 Å². The van der Waals surface area contributed by atoms with Crippen molar-refractivity contribution in [1.82, 2.24) is 0 Å². The van der Waals surface area contributed by atoms with Gasteiger partial charge in [0.15, 0.2) is 0 Å². The summed E-state index contributed by atoms with van der Waals surface area (Å²) in [6, 6.07) is 6.40. The average molecular weight is 271 g/mol. The van der Waals surface area contributed by atoms with Crippen molar-refractivity contribution in [2.45, 2.75) is 23.5 Å². The molecule has 0 fully saturated rings. The molecule has 0 aromatic heterocycles. The highest BCUT2D eigenvalue weighted by Gasteiger charge is 2.17. The van der Waals surface area contributed by atoms with Crippen LogP contribution in [-0.2, 0) is 0 Å². The first kappa shape index (κ1) is 13.8. The summed E-state index contributed by atoms with van der Waals surface area (Å²) in [4.78, 5) is 11.0. The van der Waals surface area contributed by atoms with Crippen molar-refractivity contribution in [2.24, 2.45) is 0 Å². The van der Waals surface area contributed by atoms with Gasteiger partial charge in [-0.3, -0.25) is 10.1 Å². The normalized spacial score (nSPS) is 11.8. The Kier molecular flexibility index (Phi) is 5.26. The molecule has 0 heterocycles. The van der Waals surface area contributed by atoms with Gasteiger partial charge in [-0.1, -0.05) is 6.92 Å². The summed E-state index contributed by atoms with van der Waals surface area (Å²) in [5.74, 6) is 0.526. The Bertz CT molecular complexity index is 459. The molecular formula is C11H11ClN2O2S. The van der Waals surface area contributed by atoms with Crippen molar-refractivity contribution in [3.05, 3.63) is 33.9 Å². The van der Waals surface area contributed by atoms with Gasteiger partial charge in [0.1, 0.15) is 0 Å². The molecule has 0 amide bonds. The Labute approximate surface area is 109 Å². The van der Waals surface area contributed by atoms with Crippen LogP contribution in [0.2, 0.25) is 0 Å². The smallest absolute Gasteiger partial charge is 0.258 e. The summed E-state index contributed by atoms with van der Waals surface area (Å²) in [7, 11) is 0. The Morgan fingerprint density at radius 2 is 2.35 bits per heavy atom. The van der Waals surface area contributed by atoms with E-state index in [2.05, 4.69) is 0 Å². The van der Waals surface area contributed by atoms with Crippen LogP contribution in [0.4, 0.5) is 5.69 Å². The fourth-order valence-electron chi connectivity index (χ4n) is 1.26. The summed E-state index contributed by atoms with van der Waals surface area (Å²) in [5.41, 5.74) is 0.279. The highest BCUT2D eigenvalue weighted by molar-refractivity contribution is 8.00. The van der Waals surface area contributed by atoms with Crippen LogP contribution >= 0.6 is 23.4 Å². The molecule has 1 aromatic carbocycles. The van der Waals surface area contributed by atoms with Crippen molar-refractivity contribution in [2.75, 3.05) is 5.88 Å². The Balaban J connectivity index is 2.99. The number of alkyl halides is 1. The lowest BCUT2D eigenvalue weighted by Gasteiger charge is -2.09. The van der Waals surface area contributed by atoms with Gasteiger partial charge in [0, 0.05) is 17.2 Å². The number of nitriles is 1. The van der Waals surface area contributed by atoms with Crippen LogP contribution in [0.3, 0.4) is 0 Å². The quantitative estimate of drug-likeness (QED) is 0.355. The maximum absolute atomic E-state index is 10.9. The molecule has 0 N–H and O–H groups in total. The topological polar surface area (TPSA) is 66.9 Å². The third kappa shape index (κ3) is 3.91. The molecule has 90 valence electrons. The Hall–Kier alpha value is -1.25. The zero-order valence-electron chi connectivity index (χ0n) is 9.22. The van der Waals surface area contributed by atoms with E-state index in [1.54, 1.807) is 12.1 Å². The average Bonchev–Trinajstić information content (AvgIpc) is 2.29. The van der Waals surface area contributed by atoms with Gasteiger partial charge in [-0.2, -0.15) is 5.26 Å². The fourth-order valence-corrected chi connectivity index (χ4v) is 2.79. The van der Waals surface area contributed by atoms with E-state index in [4.69, 9.17) is 16.9 Å². The van der Waals surface area contributed by atoms with Crippen LogP contribution in [0.15, 0.2) is 23.1 Å². The van der Waals surface area contributed by atoms with E-state index in [9.17, 15) is 10.1 Å². The Morgan fingerprint density at radius 3 is 2.88 bits per heavy atom. The van der Waals surface area contributed by atoms with Crippen molar-refractivity contribution < 1.29 is 4.92 Å². The summed E-state index contributed by atoms with van der Waals surface area (Å²) in [6.07, 6.45) is 0.781. The van der Waals surface area contributed by atoms with Gasteiger partial charge < -0.3 is 0 Å². The molecule has 0 saturated heterocycles. The lowest BCUT2D eigenvalue weighted by Crippen LogP contribution is -1.99. The van der Waals surface area contributed by atoms with E-state index < -0.39 is 4.92 Å². The molecule has 1 rings (SSSR count). The van der Waals surface area contributed by atoms with Crippen molar-refractivity contribution in [1.29, 1.82) is 5.26 Å². The predicted octanol–water partition coefficient (Wildman–Crippen LogP) is 3.58. The van der Waals surface area contributed by atoms with E-state index >= 15 is 0 Å². The molecule has 17 heavy (non-hydrogen) atoms. The zero-order valence-corrected chi connectivity index (χ0v) is 10.8. The van der Waals surface area contributed by atoms with E-state index in [-0.39, 0.29) is 10.9 Å². The number of rotatable bonds is 5. The van der Waals surface area contributed by atoms with Crippen LogP contribution in [-0.4, -0.2) is 16.1 Å². The largest absolute Gasteiger partial charge is 0.284 e. The van der Waals surface area contributed by atoms with Crippen molar-refractivity contribution in [3.63, 3.8) is 0 Å². The lowest BCUT2D eigenvalue weighted by molar-refractivity contribution is -0.387. The summed E-state index contributed by atoms with van der Waals surface area (Å²) in [6.45, 7) is 1.97. The molecule has 0 spiro atoms. The molecule has 0 aliphatic carbocycles. The minimum Gasteiger partial charge on any atom is -0.258 e. The molecule has 0 bridgehead atoms. The number of thioether (sulfide) groups is 1. The SMILES string of the molecule is CC(CCCl)Sc1ccc(C#N)cc1[N+](=O)[O-]. The summed E-state index contributed by atoms with van der Waals surface area (Å²) >= 11 is 7.03. The molecule has 6 heteroatoms. The first-order valence-electron chi connectivity index (χ1n) is 4.99. The number of benzene rings is 1. The van der Waals surface area contributed by atoms with Gasteiger partial charge >= 0.3 is 0 Å². The molecule has 4 nitrogen and oxygen atoms in total. The minimum atomic E-state index is -0.462. The molecule has 1 atom stereocenters. The number of nitro benzene ring substituents is 1. The van der Waals surface area contributed by atoms with Gasteiger partial charge in [0.05, 0.1) is 21.5 Å². The van der Waals surface area contributed by atoms with Gasteiger partial charge in [-0.25, -0.2) is 0 Å². The van der Waals surface area contributed by atoms with E-state index in [0.717, 1.165) is 6.42 Å². The number of nitro groups is 1. The van der Waals surface area contributed by atoms with E-state index in [1.807, 2.05) is 13.0 Å². The standard InChI is InChI=1S/C11H11ClN2O2S/c1-8(4-5-12)17-11-3-2-9(7-13)6-10(11)14(15)16/h2-3,6,8H,4-5H2,1H3. The number of nitrogens with zero attached hydrogens (tertiary/aromatic N) is 2. The second-order valence-electron chi connectivity index (χ2n) is 3.46. The third-order valence-electron chi connectivity index (χ3n) is 2.13. The highest BCUT2D eigenvalue weighted by atomic mass is 35.5. The van der Waals surface area contributed by atoms with Crippen molar-refractivity contribution >= 4 is 29.1 Å². The fraction of sp³-hybridized carbons (Fsp3) is 0.364. The maximum Gasteiger partial charge on any atom is 0.284 e. The first-order chi connectivity index (χ1) is 8.08. The predicted molar refractivity (Wildman–Crippen MR) is 68.5 cm³/mol. The second-order valence-corrected chi connectivity index (χ2v) is 5.32. The summed E-state index contributed by atoms with van der Waals surface area (Å²) in [5, 5.41) is 19.8. The molecule has 0 saturated carbocycles. The first-order valence-corrected chi connectivity index (χ1v) is 6.41. The molecule has 0 radical (unpaired) electrons. The van der Waals surface area contributed by atoms with Gasteiger partial charge in [-0.05, 0) is 18.6 Å². The van der Waals surface area contributed by atoms with Gasteiger partial charge in [0.25, 0.3) is 5.69 Å². The van der Waals surface area contributed by atoms with E-state index in [1.165, 1.54) is 17.8 Å².